The van der Waals surface area contributed by atoms with E-state index in [9.17, 15) is 0 Å². The van der Waals surface area contributed by atoms with Crippen LogP contribution in [0.3, 0.4) is 0 Å². The fourth-order valence-electron chi connectivity index (χ4n) is 6.09. The van der Waals surface area contributed by atoms with Crippen molar-refractivity contribution in [1.82, 2.24) is 0 Å². The van der Waals surface area contributed by atoms with E-state index in [4.69, 9.17) is 0 Å². The Bertz CT molecular complexity index is 2180. The van der Waals surface area contributed by atoms with Crippen molar-refractivity contribution in [2.45, 2.75) is 0 Å². The van der Waals surface area contributed by atoms with Gasteiger partial charge in [-0.2, -0.15) is 0 Å². The molecule has 0 radical (unpaired) electrons. The van der Waals surface area contributed by atoms with Gasteiger partial charge >= 0.3 is 0 Å². The molecule has 208 valence electrons. The minimum Gasteiger partial charge on any atom is -0.310 e. The van der Waals surface area contributed by atoms with E-state index in [0.717, 1.165) is 17.1 Å². The molecule has 0 aliphatic carbocycles. The average Bonchev–Trinajstić information content (AvgIpc) is 3.48. The van der Waals surface area contributed by atoms with Crippen molar-refractivity contribution in [3.63, 3.8) is 0 Å². The first kappa shape index (κ1) is 26.2. The molecule has 0 N–H and O–H groups in total. The van der Waals surface area contributed by atoms with Crippen LogP contribution in [0, 0.1) is 0 Å². The van der Waals surface area contributed by atoms with Crippen LogP contribution in [0.5, 0.6) is 0 Å². The summed E-state index contributed by atoms with van der Waals surface area (Å²) < 4.78 is 2.63. The van der Waals surface area contributed by atoms with E-state index >= 15 is 0 Å². The molecule has 1 aromatic heterocycles. The van der Waals surface area contributed by atoms with Gasteiger partial charge in [-0.05, 0) is 70.3 Å². The molecule has 0 fully saturated rings. The van der Waals surface area contributed by atoms with Gasteiger partial charge in [0.15, 0.2) is 0 Å². The molecular weight excluding hydrogens is 551 g/mol. The lowest BCUT2D eigenvalue weighted by Gasteiger charge is -2.26. The number of anilines is 3. The highest BCUT2D eigenvalue weighted by molar-refractivity contribution is 7.26. The van der Waals surface area contributed by atoms with Crippen molar-refractivity contribution < 1.29 is 0 Å². The highest BCUT2D eigenvalue weighted by atomic mass is 32.1. The largest absolute Gasteiger partial charge is 0.310 e. The normalized spacial score (nSPS) is 11.2. The molecule has 8 aromatic rings. The predicted molar refractivity (Wildman–Crippen MR) is 190 cm³/mol. The summed E-state index contributed by atoms with van der Waals surface area (Å²) in [7, 11) is 0. The summed E-state index contributed by atoms with van der Waals surface area (Å²) in [6.45, 7) is 0. The SMILES string of the molecule is c1ccc(-c2ccc(-c3ccc(N(c4ccccc4)c4cc(-c5ccccc5)c5sc6ccccc6c5c4)cc3)cc2)cc1. The van der Waals surface area contributed by atoms with Gasteiger partial charge in [0.25, 0.3) is 0 Å². The molecule has 0 saturated carbocycles. The van der Waals surface area contributed by atoms with E-state index in [-0.39, 0.29) is 0 Å². The monoisotopic (exact) mass is 579 g/mol. The molecule has 1 heterocycles. The van der Waals surface area contributed by atoms with Crippen molar-refractivity contribution in [2.24, 2.45) is 0 Å². The number of para-hydroxylation sites is 1. The third kappa shape index (κ3) is 4.86. The second kappa shape index (κ2) is 11.3. The number of benzene rings is 7. The summed E-state index contributed by atoms with van der Waals surface area (Å²) in [6, 6.07) is 63.3. The summed E-state index contributed by atoms with van der Waals surface area (Å²) in [4.78, 5) is 2.38. The first-order valence-corrected chi connectivity index (χ1v) is 15.8. The van der Waals surface area contributed by atoms with Gasteiger partial charge < -0.3 is 4.90 Å². The Morgan fingerprint density at radius 1 is 0.341 bits per heavy atom. The second-order valence-electron chi connectivity index (χ2n) is 11.0. The quantitative estimate of drug-likeness (QED) is 0.189. The van der Waals surface area contributed by atoms with E-state index in [1.807, 2.05) is 11.3 Å². The standard InChI is InChI=1S/C42H29NS/c1-4-12-30(13-5-1)31-20-22-32(23-21-31)33-24-26-36(27-25-33)43(35-16-8-3-9-17-35)37-28-39(34-14-6-2-7-15-34)42-40(29-37)38-18-10-11-19-41(38)44-42/h1-29H. The molecule has 0 aliphatic heterocycles. The second-order valence-corrected chi connectivity index (χ2v) is 12.0. The minimum absolute atomic E-state index is 1.12. The average molecular weight is 580 g/mol. The first-order valence-electron chi connectivity index (χ1n) is 14.9. The number of hydrogen-bond donors (Lipinski definition) is 0. The topological polar surface area (TPSA) is 3.24 Å². The smallest absolute Gasteiger partial charge is 0.0475 e. The van der Waals surface area contributed by atoms with Crippen LogP contribution in [-0.4, -0.2) is 0 Å². The molecule has 1 nitrogen and oxygen atoms in total. The van der Waals surface area contributed by atoms with Crippen LogP contribution < -0.4 is 4.90 Å². The fraction of sp³-hybridized carbons (Fsp3) is 0. The molecule has 8 rings (SSSR count). The molecule has 0 bridgehead atoms. The lowest BCUT2D eigenvalue weighted by molar-refractivity contribution is 1.29. The summed E-state index contributed by atoms with van der Waals surface area (Å²) in [5.41, 5.74) is 10.8. The van der Waals surface area contributed by atoms with Crippen LogP contribution >= 0.6 is 11.3 Å². The van der Waals surface area contributed by atoms with Gasteiger partial charge in [0.1, 0.15) is 0 Å². The number of hydrogen-bond acceptors (Lipinski definition) is 2. The van der Waals surface area contributed by atoms with Gasteiger partial charge in [0, 0.05) is 42.8 Å². The third-order valence-electron chi connectivity index (χ3n) is 8.27. The Morgan fingerprint density at radius 2 is 0.818 bits per heavy atom. The molecule has 0 spiro atoms. The van der Waals surface area contributed by atoms with Gasteiger partial charge in [0.05, 0.1) is 0 Å². The van der Waals surface area contributed by atoms with Crippen LogP contribution in [0.1, 0.15) is 0 Å². The Hall–Kier alpha value is -5.44. The maximum absolute atomic E-state index is 2.38. The number of thiophene rings is 1. The lowest BCUT2D eigenvalue weighted by Crippen LogP contribution is -2.10. The molecule has 0 atom stereocenters. The molecule has 44 heavy (non-hydrogen) atoms. The van der Waals surface area contributed by atoms with Crippen molar-refractivity contribution in [3.05, 3.63) is 176 Å². The Labute approximate surface area is 261 Å². The van der Waals surface area contributed by atoms with Gasteiger partial charge in [0.2, 0.25) is 0 Å². The minimum atomic E-state index is 1.12. The van der Waals surface area contributed by atoms with E-state index in [1.54, 1.807) is 0 Å². The lowest BCUT2D eigenvalue weighted by atomic mass is 9.99. The van der Waals surface area contributed by atoms with Gasteiger partial charge in [-0.15, -0.1) is 11.3 Å². The highest BCUT2D eigenvalue weighted by Gasteiger charge is 2.18. The third-order valence-corrected chi connectivity index (χ3v) is 9.49. The zero-order valence-electron chi connectivity index (χ0n) is 24.1. The molecule has 0 amide bonds. The van der Waals surface area contributed by atoms with Gasteiger partial charge in [-0.1, -0.05) is 133 Å². The van der Waals surface area contributed by atoms with Crippen LogP contribution in [-0.2, 0) is 0 Å². The van der Waals surface area contributed by atoms with Gasteiger partial charge in [-0.25, -0.2) is 0 Å². The predicted octanol–water partition coefficient (Wildman–Crippen LogP) is 12.5. The van der Waals surface area contributed by atoms with E-state index in [0.29, 0.717) is 0 Å². The summed E-state index contributed by atoms with van der Waals surface area (Å²) in [6.07, 6.45) is 0. The van der Waals surface area contributed by atoms with E-state index in [1.165, 1.54) is 53.6 Å². The molecule has 7 aromatic carbocycles. The maximum Gasteiger partial charge on any atom is 0.0475 e. The molecular formula is C42H29NS. The number of nitrogens with zero attached hydrogens (tertiary/aromatic N) is 1. The zero-order valence-corrected chi connectivity index (χ0v) is 24.9. The van der Waals surface area contributed by atoms with Crippen molar-refractivity contribution in [1.29, 1.82) is 0 Å². The van der Waals surface area contributed by atoms with Crippen molar-refractivity contribution in [3.8, 4) is 33.4 Å². The molecule has 0 unspecified atom stereocenters. The highest BCUT2D eigenvalue weighted by Crippen LogP contribution is 2.45. The zero-order chi connectivity index (χ0) is 29.3. The molecule has 0 saturated heterocycles. The fourth-order valence-corrected chi connectivity index (χ4v) is 7.31. The summed E-state index contributed by atoms with van der Waals surface area (Å²) in [5, 5.41) is 2.59. The Morgan fingerprint density at radius 3 is 1.45 bits per heavy atom. The summed E-state index contributed by atoms with van der Waals surface area (Å²) in [5.74, 6) is 0. The molecule has 2 heteroatoms. The maximum atomic E-state index is 2.38. The van der Waals surface area contributed by atoms with Crippen LogP contribution in [0.2, 0.25) is 0 Å². The van der Waals surface area contributed by atoms with E-state index in [2.05, 4.69) is 181 Å². The molecule has 0 aliphatic rings. The van der Waals surface area contributed by atoms with Gasteiger partial charge in [-0.3, -0.25) is 0 Å². The van der Waals surface area contributed by atoms with Crippen molar-refractivity contribution in [2.75, 3.05) is 4.90 Å². The van der Waals surface area contributed by atoms with Crippen LogP contribution in [0.25, 0.3) is 53.6 Å². The number of rotatable bonds is 6. The van der Waals surface area contributed by atoms with Crippen LogP contribution in [0.15, 0.2) is 176 Å². The number of fused-ring (bicyclic) bond motifs is 3. The van der Waals surface area contributed by atoms with Crippen molar-refractivity contribution >= 4 is 48.6 Å². The first-order chi connectivity index (χ1) is 21.8. The Balaban J connectivity index is 1.25. The Kier molecular flexibility index (Phi) is 6.75. The van der Waals surface area contributed by atoms with Crippen LogP contribution in [0.4, 0.5) is 17.1 Å². The van der Waals surface area contributed by atoms with E-state index < -0.39 is 0 Å². The summed E-state index contributed by atoms with van der Waals surface area (Å²) >= 11 is 1.88.